The lowest BCUT2D eigenvalue weighted by Gasteiger charge is -2.14. The molecule has 0 radical (unpaired) electrons. The molecule has 5 nitrogen and oxygen atoms in total. The van der Waals surface area contributed by atoms with Crippen LogP contribution in [0.15, 0.2) is 16.5 Å². The summed E-state index contributed by atoms with van der Waals surface area (Å²) < 4.78 is 5.10. The van der Waals surface area contributed by atoms with E-state index in [0.29, 0.717) is 5.88 Å². The Morgan fingerprint density at radius 1 is 1.64 bits per heavy atom. The van der Waals surface area contributed by atoms with E-state index >= 15 is 0 Å². The van der Waals surface area contributed by atoms with E-state index in [9.17, 15) is 4.79 Å². The van der Waals surface area contributed by atoms with E-state index in [1.54, 1.807) is 6.07 Å². The molecule has 0 saturated carbocycles. The Labute approximate surface area is 82.3 Å². The van der Waals surface area contributed by atoms with E-state index in [2.05, 4.69) is 5.32 Å². The van der Waals surface area contributed by atoms with E-state index in [0.717, 1.165) is 13.1 Å². The number of aromatic carboxylic acids is 1. The molecule has 78 valence electrons. The Morgan fingerprint density at radius 2 is 2.36 bits per heavy atom. The van der Waals surface area contributed by atoms with Gasteiger partial charge < -0.3 is 19.7 Å². The average Bonchev–Trinajstić information content (AvgIpc) is 2.62. The van der Waals surface area contributed by atoms with Gasteiger partial charge in [-0.1, -0.05) is 0 Å². The second kappa shape index (κ2) is 4.66. The van der Waals surface area contributed by atoms with Gasteiger partial charge in [0.05, 0.1) is 0 Å². The summed E-state index contributed by atoms with van der Waals surface area (Å²) in [7, 11) is 3.71. The van der Waals surface area contributed by atoms with Crippen molar-refractivity contribution in [3.8, 4) is 0 Å². The highest BCUT2D eigenvalue weighted by atomic mass is 16.4. The smallest absolute Gasteiger partial charge is 0.371 e. The molecule has 0 fully saturated rings. The first-order valence-electron chi connectivity index (χ1n) is 4.34. The first-order valence-corrected chi connectivity index (χ1v) is 4.34. The Bertz CT molecular complexity index is 309. The average molecular weight is 198 g/mol. The molecule has 0 aliphatic heterocycles. The van der Waals surface area contributed by atoms with E-state index in [4.69, 9.17) is 9.52 Å². The second-order valence-electron chi connectivity index (χ2n) is 2.97. The summed E-state index contributed by atoms with van der Waals surface area (Å²) in [5.74, 6) is -0.507. The van der Waals surface area contributed by atoms with Crippen molar-refractivity contribution in [1.82, 2.24) is 5.32 Å². The minimum atomic E-state index is -1.04. The molecule has 0 saturated heterocycles. The monoisotopic (exact) mass is 198 g/mol. The first-order chi connectivity index (χ1) is 6.65. The Kier molecular flexibility index (Phi) is 3.53. The van der Waals surface area contributed by atoms with Crippen LogP contribution in [0.1, 0.15) is 10.6 Å². The fourth-order valence-electron chi connectivity index (χ4n) is 1.04. The van der Waals surface area contributed by atoms with Crippen molar-refractivity contribution >= 4 is 11.9 Å². The topological polar surface area (TPSA) is 65.7 Å². The van der Waals surface area contributed by atoms with Crippen LogP contribution in [-0.4, -0.2) is 38.3 Å². The molecule has 1 aromatic heterocycles. The van der Waals surface area contributed by atoms with E-state index in [-0.39, 0.29) is 5.76 Å². The number of hydrogen-bond donors (Lipinski definition) is 2. The molecule has 0 aliphatic rings. The van der Waals surface area contributed by atoms with Crippen LogP contribution in [0.2, 0.25) is 0 Å². The predicted molar refractivity (Wildman–Crippen MR) is 52.9 cm³/mol. The molecule has 1 rings (SSSR count). The highest BCUT2D eigenvalue weighted by Gasteiger charge is 2.10. The maximum atomic E-state index is 10.5. The van der Waals surface area contributed by atoms with Gasteiger partial charge in [-0.3, -0.25) is 0 Å². The van der Waals surface area contributed by atoms with Gasteiger partial charge in [0.15, 0.2) is 5.88 Å². The zero-order valence-corrected chi connectivity index (χ0v) is 8.28. The number of hydrogen-bond acceptors (Lipinski definition) is 4. The van der Waals surface area contributed by atoms with Gasteiger partial charge in [-0.2, -0.15) is 0 Å². The van der Waals surface area contributed by atoms with Gasteiger partial charge in [-0.15, -0.1) is 0 Å². The number of anilines is 1. The van der Waals surface area contributed by atoms with Crippen LogP contribution < -0.4 is 10.2 Å². The third-order valence-corrected chi connectivity index (χ3v) is 1.88. The summed E-state index contributed by atoms with van der Waals surface area (Å²) in [5, 5.41) is 11.6. The lowest BCUT2D eigenvalue weighted by Crippen LogP contribution is -2.26. The zero-order valence-electron chi connectivity index (χ0n) is 8.28. The number of nitrogens with zero attached hydrogens (tertiary/aromatic N) is 1. The molecule has 5 heteroatoms. The standard InChI is InChI=1S/C9H14N2O3/c1-10-5-6-11(2)8-4-3-7(14-8)9(12)13/h3-4,10H,5-6H2,1-2H3,(H,12,13). The van der Waals surface area contributed by atoms with Crippen molar-refractivity contribution < 1.29 is 14.3 Å². The van der Waals surface area contributed by atoms with Crippen molar-refractivity contribution in [3.05, 3.63) is 17.9 Å². The van der Waals surface area contributed by atoms with E-state index in [1.807, 2.05) is 19.0 Å². The van der Waals surface area contributed by atoms with Crippen LogP contribution in [0.25, 0.3) is 0 Å². The molecule has 0 atom stereocenters. The lowest BCUT2D eigenvalue weighted by atomic mass is 10.4. The van der Waals surface area contributed by atoms with Crippen molar-refractivity contribution in [1.29, 1.82) is 0 Å². The molecular weight excluding hydrogens is 184 g/mol. The molecule has 2 N–H and O–H groups in total. The predicted octanol–water partition coefficient (Wildman–Crippen LogP) is 0.633. The number of carboxylic acid groups (broad SMARTS) is 1. The third-order valence-electron chi connectivity index (χ3n) is 1.88. The zero-order chi connectivity index (χ0) is 10.6. The molecular formula is C9H14N2O3. The van der Waals surface area contributed by atoms with Gasteiger partial charge in [0.25, 0.3) is 0 Å². The van der Waals surface area contributed by atoms with Crippen molar-refractivity contribution in [3.63, 3.8) is 0 Å². The van der Waals surface area contributed by atoms with Crippen LogP contribution >= 0.6 is 0 Å². The number of rotatable bonds is 5. The molecule has 0 unspecified atom stereocenters. The maximum absolute atomic E-state index is 10.5. The van der Waals surface area contributed by atoms with E-state index < -0.39 is 5.97 Å². The minimum absolute atomic E-state index is 0.0312. The summed E-state index contributed by atoms with van der Waals surface area (Å²) in [6, 6.07) is 3.10. The van der Waals surface area contributed by atoms with Gasteiger partial charge in [-0.25, -0.2) is 4.79 Å². The fraction of sp³-hybridized carbons (Fsp3) is 0.444. The Morgan fingerprint density at radius 3 is 2.86 bits per heavy atom. The van der Waals surface area contributed by atoms with Gasteiger partial charge >= 0.3 is 5.97 Å². The fourth-order valence-corrected chi connectivity index (χ4v) is 1.04. The maximum Gasteiger partial charge on any atom is 0.371 e. The van der Waals surface area contributed by atoms with E-state index in [1.165, 1.54) is 6.07 Å². The first kappa shape index (κ1) is 10.6. The molecule has 0 spiro atoms. The van der Waals surface area contributed by atoms with Gasteiger partial charge in [0.2, 0.25) is 5.76 Å². The van der Waals surface area contributed by atoms with Crippen molar-refractivity contribution in [2.75, 3.05) is 32.1 Å². The molecule has 0 amide bonds. The van der Waals surface area contributed by atoms with Crippen LogP contribution in [-0.2, 0) is 0 Å². The van der Waals surface area contributed by atoms with Crippen LogP contribution in [0.5, 0.6) is 0 Å². The quantitative estimate of drug-likeness (QED) is 0.726. The highest BCUT2D eigenvalue weighted by Crippen LogP contribution is 2.16. The van der Waals surface area contributed by atoms with Crippen molar-refractivity contribution in [2.24, 2.45) is 0 Å². The summed E-state index contributed by atoms with van der Waals surface area (Å²) in [5.41, 5.74) is 0. The molecule has 1 aromatic rings. The lowest BCUT2D eigenvalue weighted by molar-refractivity contribution is 0.0663. The molecule has 14 heavy (non-hydrogen) atoms. The van der Waals surface area contributed by atoms with Crippen LogP contribution in [0.3, 0.4) is 0 Å². The van der Waals surface area contributed by atoms with Crippen LogP contribution in [0, 0.1) is 0 Å². The van der Waals surface area contributed by atoms with Crippen LogP contribution in [0.4, 0.5) is 5.88 Å². The highest BCUT2D eigenvalue weighted by molar-refractivity contribution is 5.84. The van der Waals surface area contributed by atoms with Gasteiger partial charge in [-0.05, 0) is 13.1 Å². The normalized spacial score (nSPS) is 10.1. The third kappa shape index (κ3) is 2.50. The summed E-state index contributed by atoms with van der Waals surface area (Å²) >= 11 is 0. The number of likely N-dealkylation sites (N-methyl/N-ethyl adjacent to an activating group) is 2. The number of furan rings is 1. The molecule has 0 aromatic carbocycles. The SMILES string of the molecule is CNCCN(C)c1ccc(C(=O)O)o1. The summed E-state index contributed by atoms with van der Waals surface area (Å²) in [4.78, 5) is 12.4. The Hall–Kier alpha value is -1.49. The molecule has 0 aliphatic carbocycles. The minimum Gasteiger partial charge on any atom is -0.475 e. The number of carbonyl (C=O) groups is 1. The number of carboxylic acids is 1. The largest absolute Gasteiger partial charge is 0.475 e. The molecule has 0 bridgehead atoms. The van der Waals surface area contributed by atoms with Gasteiger partial charge in [0, 0.05) is 26.2 Å². The second-order valence-corrected chi connectivity index (χ2v) is 2.97. The molecule has 1 heterocycles. The summed E-state index contributed by atoms with van der Waals surface area (Å²) in [6.07, 6.45) is 0. The van der Waals surface area contributed by atoms with Crippen molar-refractivity contribution in [2.45, 2.75) is 0 Å². The number of nitrogens with one attached hydrogen (secondary N) is 1. The summed E-state index contributed by atoms with van der Waals surface area (Å²) in [6.45, 7) is 1.59. The Balaban J connectivity index is 2.61. The van der Waals surface area contributed by atoms with Gasteiger partial charge in [0.1, 0.15) is 0 Å².